The molecule has 0 fully saturated rings. The second kappa shape index (κ2) is 3.84. The number of nitrogens with zero attached hydrogens (tertiary/aromatic N) is 3. The third kappa shape index (κ3) is 1.54. The van der Waals surface area contributed by atoms with Crippen LogP contribution in [0.3, 0.4) is 0 Å². The second-order valence-corrected chi connectivity index (χ2v) is 4.36. The molecule has 0 radical (unpaired) electrons. The van der Waals surface area contributed by atoms with E-state index in [1.165, 1.54) is 0 Å². The molecule has 0 bridgehead atoms. The summed E-state index contributed by atoms with van der Waals surface area (Å²) in [5.41, 5.74) is 3.33. The van der Waals surface area contributed by atoms with Gasteiger partial charge >= 0.3 is 0 Å². The highest BCUT2D eigenvalue weighted by molar-refractivity contribution is 5.48. The highest BCUT2D eigenvalue weighted by Crippen LogP contribution is 2.13. The van der Waals surface area contributed by atoms with Crippen LogP contribution >= 0.6 is 0 Å². The van der Waals surface area contributed by atoms with Crippen LogP contribution in [-0.4, -0.2) is 14.2 Å². The average molecular weight is 239 g/mol. The van der Waals surface area contributed by atoms with Crippen molar-refractivity contribution in [2.75, 3.05) is 0 Å². The molecule has 90 valence electrons. The molecule has 0 aliphatic rings. The average Bonchev–Trinajstić information content (AvgIpc) is 2.68. The van der Waals surface area contributed by atoms with Gasteiger partial charge in [0, 0.05) is 23.5 Å². The van der Waals surface area contributed by atoms with Gasteiger partial charge in [-0.15, -0.1) is 0 Å². The first kappa shape index (κ1) is 10.8. The highest BCUT2D eigenvalue weighted by atomic mass is 16.1. The summed E-state index contributed by atoms with van der Waals surface area (Å²) in [6, 6.07) is 11.3. The SMILES string of the molecule is Cc1cc(=O)n2c(n1)c(C)cn2-c1ccccc1. The van der Waals surface area contributed by atoms with Gasteiger partial charge in [-0.2, -0.15) is 4.52 Å². The molecule has 3 aromatic rings. The minimum absolute atomic E-state index is 0.0607. The molecule has 0 N–H and O–H groups in total. The van der Waals surface area contributed by atoms with Gasteiger partial charge in [-0.1, -0.05) is 18.2 Å². The molecule has 3 rings (SSSR count). The lowest BCUT2D eigenvalue weighted by molar-refractivity contribution is 0.761. The molecule has 0 spiro atoms. The van der Waals surface area contributed by atoms with Gasteiger partial charge in [0.1, 0.15) is 0 Å². The maximum atomic E-state index is 12.1. The molecule has 4 nitrogen and oxygen atoms in total. The standard InChI is InChI=1S/C14H13N3O/c1-10-9-16(12-6-4-3-5-7-12)17-13(18)8-11(2)15-14(10)17/h3-9H,1-2H3. The Labute approximate surface area is 104 Å². The Kier molecular flexibility index (Phi) is 2.30. The Hall–Kier alpha value is -2.36. The summed E-state index contributed by atoms with van der Waals surface area (Å²) < 4.78 is 3.43. The van der Waals surface area contributed by atoms with E-state index in [0.29, 0.717) is 5.65 Å². The van der Waals surface area contributed by atoms with E-state index in [4.69, 9.17) is 0 Å². The normalized spacial score (nSPS) is 11.0. The molecule has 0 atom stereocenters. The van der Waals surface area contributed by atoms with Crippen LogP contribution in [-0.2, 0) is 0 Å². The number of fused-ring (bicyclic) bond motifs is 1. The lowest BCUT2D eigenvalue weighted by Gasteiger charge is -2.05. The van der Waals surface area contributed by atoms with Crippen molar-refractivity contribution in [1.29, 1.82) is 0 Å². The Morgan fingerprint density at radius 2 is 1.83 bits per heavy atom. The van der Waals surface area contributed by atoms with E-state index in [1.54, 1.807) is 10.6 Å². The molecule has 4 heteroatoms. The van der Waals surface area contributed by atoms with Gasteiger partial charge in [-0.25, -0.2) is 4.98 Å². The van der Waals surface area contributed by atoms with Crippen LogP contribution in [0.4, 0.5) is 0 Å². The van der Waals surface area contributed by atoms with E-state index in [9.17, 15) is 4.79 Å². The fourth-order valence-electron chi connectivity index (χ4n) is 2.12. The molecule has 1 aromatic carbocycles. The number of para-hydroxylation sites is 1. The quantitative estimate of drug-likeness (QED) is 0.652. The minimum atomic E-state index is -0.0607. The van der Waals surface area contributed by atoms with Crippen LogP contribution in [0.25, 0.3) is 11.3 Å². The number of rotatable bonds is 1. The summed E-state index contributed by atoms with van der Waals surface area (Å²) in [4.78, 5) is 16.5. The number of aromatic nitrogens is 3. The molecular formula is C14H13N3O. The topological polar surface area (TPSA) is 39.3 Å². The van der Waals surface area contributed by atoms with Crippen molar-refractivity contribution in [2.24, 2.45) is 0 Å². The van der Waals surface area contributed by atoms with E-state index in [-0.39, 0.29) is 5.56 Å². The van der Waals surface area contributed by atoms with Crippen molar-refractivity contribution in [3.8, 4) is 5.69 Å². The van der Waals surface area contributed by atoms with Gasteiger partial charge in [0.25, 0.3) is 5.56 Å². The predicted octanol–water partition coefficient (Wildman–Crippen LogP) is 2.10. The predicted molar refractivity (Wildman–Crippen MR) is 70.3 cm³/mol. The summed E-state index contributed by atoms with van der Waals surface area (Å²) in [7, 11) is 0. The fraction of sp³-hybridized carbons (Fsp3) is 0.143. The first-order chi connectivity index (χ1) is 8.66. The van der Waals surface area contributed by atoms with E-state index in [0.717, 1.165) is 16.9 Å². The Morgan fingerprint density at radius 3 is 2.56 bits per heavy atom. The Balaban J connectivity index is 2.42. The lowest BCUT2D eigenvalue weighted by Crippen LogP contribution is -2.19. The van der Waals surface area contributed by atoms with E-state index >= 15 is 0 Å². The van der Waals surface area contributed by atoms with Crippen LogP contribution in [0.1, 0.15) is 11.3 Å². The van der Waals surface area contributed by atoms with Crippen molar-refractivity contribution >= 4 is 5.65 Å². The molecule has 2 aromatic heterocycles. The summed E-state index contributed by atoms with van der Waals surface area (Å²) in [5.74, 6) is 0. The number of hydrogen-bond acceptors (Lipinski definition) is 2. The number of benzene rings is 1. The van der Waals surface area contributed by atoms with Gasteiger partial charge in [0.2, 0.25) is 0 Å². The first-order valence-electron chi connectivity index (χ1n) is 5.81. The van der Waals surface area contributed by atoms with Crippen LogP contribution in [0.15, 0.2) is 47.4 Å². The van der Waals surface area contributed by atoms with Gasteiger partial charge in [-0.3, -0.25) is 9.48 Å². The van der Waals surface area contributed by atoms with Crippen LogP contribution in [0, 0.1) is 13.8 Å². The third-order valence-corrected chi connectivity index (χ3v) is 2.93. The van der Waals surface area contributed by atoms with Gasteiger partial charge < -0.3 is 0 Å². The second-order valence-electron chi connectivity index (χ2n) is 4.36. The summed E-state index contributed by atoms with van der Waals surface area (Å²) in [6.07, 6.45) is 1.93. The lowest BCUT2D eigenvalue weighted by atomic mass is 10.3. The van der Waals surface area contributed by atoms with Crippen molar-refractivity contribution in [2.45, 2.75) is 13.8 Å². The first-order valence-corrected chi connectivity index (χ1v) is 5.81. The van der Waals surface area contributed by atoms with E-state index in [2.05, 4.69) is 4.98 Å². The highest BCUT2D eigenvalue weighted by Gasteiger charge is 2.09. The maximum Gasteiger partial charge on any atom is 0.273 e. The van der Waals surface area contributed by atoms with Crippen molar-refractivity contribution in [3.63, 3.8) is 0 Å². The van der Waals surface area contributed by atoms with Crippen LogP contribution < -0.4 is 5.56 Å². The summed E-state index contributed by atoms with van der Waals surface area (Å²) in [5, 5.41) is 0. The molecule has 2 heterocycles. The van der Waals surface area contributed by atoms with Crippen molar-refractivity contribution in [1.82, 2.24) is 14.2 Å². The molecule has 0 unspecified atom stereocenters. The molecule has 0 aliphatic carbocycles. The number of aryl methyl sites for hydroxylation is 2. The molecule has 0 aliphatic heterocycles. The molecule has 0 saturated carbocycles. The monoisotopic (exact) mass is 239 g/mol. The zero-order valence-electron chi connectivity index (χ0n) is 10.3. The smallest absolute Gasteiger partial charge is 0.267 e. The van der Waals surface area contributed by atoms with Crippen molar-refractivity contribution in [3.05, 3.63) is 64.2 Å². The zero-order valence-corrected chi connectivity index (χ0v) is 10.3. The minimum Gasteiger partial charge on any atom is -0.267 e. The molecule has 0 saturated heterocycles. The summed E-state index contributed by atoms with van der Waals surface area (Å²) >= 11 is 0. The summed E-state index contributed by atoms with van der Waals surface area (Å²) in [6.45, 7) is 3.79. The molecule has 18 heavy (non-hydrogen) atoms. The third-order valence-electron chi connectivity index (χ3n) is 2.93. The van der Waals surface area contributed by atoms with Gasteiger partial charge in [-0.05, 0) is 26.0 Å². The largest absolute Gasteiger partial charge is 0.273 e. The number of hydrogen-bond donors (Lipinski definition) is 0. The van der Waals surface area contributed by atoms with Gasteiger partial charge in [0.05, 0.1) is 5.69 Å². The Bertz CT molecular complexity index is 769. The fourth-order valence-corrected chi connectivity index (χ4v) is 2.12. The van der Waals surface area contributed by atoms with Crippen LogP contribution in [0.5, 0.6) is 0 Å². The van der Waals surface area contributed by atoms with E-state index in [1.807, 2.05) is 55.1 Å². The van der Waals surface area contributed by atoms with E-state index < -0.39 is 0 Å². The van der Waals surface area contributed by atoms with Gasteiger partial charge in [0.15, 0.2) is 5.65 Å². The Morgan fingerprint density at radius 1 is 1.11 bits per heavy atom. The maximum absolute atomic E-state index is 12.1. The molecule has 0 amide bonds. The van der Waals surface area contributed by atoms with Crippen molar-refractivity contribution < 1.29 is 0 Å². The zero-order chi connectivity index (χ0) is 12.7. The molecular weight excluding hydrogens is 226 g/mol. The van der Waals surface area contributed by atoms with Crippen LogP contribution in [0.2, 0.25) is 0 Å².